The smallest absolute Gasteiger partial charge is 0.182 e. The Hall–Kier alpha value is -3.90. The molecule has 0 bridgehead atoms. The first-order valence-electron chi connectivity index (χ1n) is 10.7. The van der Waals surface area contributed by atoms with E-state index in [9.17, 15) is 13.2 Å². The fourth-order valence-corrected chi connectivity index (χ4v) is 5.20. The van der Waals surface area contributed by atoms with E-state index in [4.69, 9.17) is 0 Å². The highest BCUT2D eigenvalue weighted by molar-refractivity contribution is 9.10. The molecule has 5 heteroatoms. The van der Waals surface area contributed by atoms with Gasteiger partial charge in [0.15, 0.2) is 16.1 Å². The number of aldehydes is 1. The Labute approximate surface area is 213 Å². The van der Waals surface area contributed by atoms with E-state index >= 15 is 0 Å². The molecule has 0 aliphatic rings. The zero-order chi connectivity index (χ0) is 24.7. The summed E-state index contributed by atoms with van der Waals surface area (Å²) in [6, 6.07) is 28.4. The van der Waals surface area contributed by atoms with Crippen molar-refractivity contribution >= 4 is 32.1 Å². The average molecular weight is 539 g/mol. The Morgan fingerprint density at radius 2 is 1.20 bits per heavy atom. The van der Waals surface area contributed by atoms with Gasteiger partial charge in [0.1, 0.15) is 0 Å². The van der Waals surface area contributed by atoms with Gasteiger partial charge in [-0.1, -0.05) is 88.1 Å². The average Bonchev–Trinajstić information content (AvgIpc) is 2.88. The molecule has 0 heterocycles. The van der Waals surface area contributed by atoms with Gasteiger partial charge >= 0.3 is 0 Å². The first kappa shape index (κ1) is 24.2. The highest BCUT2D eigenvalue weighted by atomic mass is 79.9. The number of rotatable bonds is 4. The minimum absolute atomic E-state index is 0.162. The Bertz CT molecular complexity index is 1620. The third-order valence-corrected chi connectivity index (χ3v) is 7.37. The summed E-state index contributed by atoms with van der Waals surface area (Å²) >= 11 is 3.44. The topological polar surface area (TPSA) is 51.2 Å². The maximum Gasteiger partial charge on any atom is 0.182 e. The number of hydrogen-bond donors (Lipinski definition) is 0. The molecular weight excluding hydrogens is 520 g/mol. The van der Waals surface area contributed by atoms with Crippen LogP contribution in [0.4, 0.5) is 0 Å². The number of sulfone groups is 1. The van der Waals surface area contributed by atoms with Crippen LogP contribution in [0.5, 0.6) is 0 Å². The first-order valence-corrected chi connectivity index (χ1v) is 13.1. The number of carbonyl (C=O) groups is 1. The second-order valence-corrected chi connectivity index (χ2v) is 10.5. The standard InChI is InChI=1S/C30H19BrO3S/c31-29-19-18-26(28(20-29)22-35(33,34)30-12-2-1-3-13-30)17-15-24-9-5-4-8-23(24)14-16-25-10-6-7-11-27(25)21-32/h1-13,18-21H,22H2. The third-order valence-electron chi connectivity index (χ3n) is 5.19. The number of carbonyl (C=O) groups excluding carboxylic acids is 1. The Morgan fingerprint density at radius 3 is 1.86 bits per heavy atom. The molecule has 0 amide bonds. The molecule has 4 aromatic rings. The predicted molar refractivity (Wildman–Crippen MR) is 142 cm³/mol. The van der Waals surface area contributed by atoms with E-state index in [1.165, 1.54) is 0 Å². The molecule has 3 nitrogen and oxygen atoms in total. The lowest BCUT2D eigenvalue weighted by molar-refractivity contribution is 0.112. The zero-order valence-corrected chi connectivity index (χ0v) is 20.9. The molecule has 35 heavy (non-hydrogen) atoms. The summed E-state index contributed by atoms with van der Waals surface area (Å²) in [5, 5.41) is 0. The van der Waals surface area contributed by atoms with Crippen molar-refractivity contribution in [2.45, 2.75) is 10.6 Å². The van der Waals surface area contributed by atoms with Gasteiger partial charge in [0.05, 0.1) is 10.6 Å². The molecular formula is C30H19BrO3S. The van der Waals surface area contributed by atoms with Crippen LogP contribution < -0.4 is 0 Å². The monoisotopic (exact) mass is 538 g/mol. The lowest BCUT2D eigenvalue weighted by atomic mass is 10.0. The Balaban J connectivity index is 1.69. The highest BCUT2D eigenvalue weighted by Crippen LogP contribution is 2.22. The molecule has 0 N–H and O–H groups in total. The van der Waals surface area contributed by atoms with Crippen molar-refractivity contribution in [3.8, 4) is 23.7 Å². The maximum absolute atomic E-state index is 13.0. The molecule has 0 fully saturated rings. The molecule has 4 rings (SSSR count). The van der Waals surface area contributed by atoms with Crippen molar-refractivity contribution in [2.24, 2.45) is 0 Å². The van der Waals surface area contributed by atoms with Gasteiger partial charge < -0.3 is 0 Å². The normalized spacial score (nSPS) is 10.4. The van der Waals surface area contributed by atoms with Crippen molar-refractivity contribution in [2.75, 3.05) is 0 Å². The van der Waals surface area contributed by atoms with Gasteiger partial charge in [-0.15, -0.1) is 0 Å². The number of hydrogen-bond acceptors (Lipinski definition) is 3. The van der Waals surface area contributed by atoms with E-state index in [2.05, 4.69) is 39.6 Å². The van der Waals surface area contributed by atoms with E-state index in [1.54, 1.807) is 54.6 Å². The summed E-state index contributed by atoms with van der Waals surface area (Å²) in [7, 11) is -3.53. The van der Waals surface area contributed by atoms with E-state index in [-0.39, 0.29) is 10.6 Å². The van der Waals surface area contributed by atoms with Crippen LogP contribution in [-0.4, -0.2) is 14.7 Å². The molecule has 170 valence electrons. The summed E-state index contributed by atoms with van der Waals surface area (Å²) in [5.41, 5.74) is 3.84. The molecule has 0 unspecified atom stereocenters. The van der Waals surface area contributed by atoms with Gasteiger partial charge in [0.2, 0.25) is 0 Å². The molecule has 0 aliphatic heterocycles. The fourth-order valence-electron chi connectivity index (χ4n) is 3.40. The Morgan fingerprint density at radius 1 is 0.657 bits per heavy atom. The van der Waals surface area contributed by atoms with Gasteiger partial charge in [-0.2, -0.15) is 0 Å². The van der Waals surface area contributed by atoms with Crippen LogP contribution in [-0.2, 0) is 15.6 Å². The van der Waals surface area contributed by atoms with E-state index in [0.29, 0.717) is 27.8 Å². The summed E-state index contributed by atoms with van der Waals surface area (Å²) in [6.07, 6.45) is 0.786. The van der Waals surface area contributed by atoms with E-state index in [0.717, 1.165) is 16.3 Å². The van der Waals surface area contributed by atoms with Crippen molar-refractivity contribution in [3.63, 3.8) is 0 Å². The van der Waals surface area contributed by atoms with Gasteiger partial charge in [0, 0.05) is 32.3 Å². The summed E-state index contributed by atoms with van der Waals surface area (Å²) in [6.45, 7) is 0. The maximum atomic E-state index is 13.0. The largest absolute Gasteiger partial charge is 0.298 e. The molecule has 0 saturated heterocycles. The zero-order valence-electron chi connectivity index (χ0n) is 18.5. The highest BCUT2D eigenvalue weighted by Gasteiger charge is 2.17. The van der Waals surface area contributed by atoms with E-state index < -0.39 is 9.84 Å². The van der Waals surface area contributed by atoms with Crippen molar-refractivity contribution < 1.29 is 13.2 Å². The predicted octanol–water partition coefficient (Wildman–Crippen LogP) is 6.04. The lowest BCUT2D eigenvalue weighted by Crippen LogP contribution is -2.06. The minimum atomic E-state index is -3.53. The molecule has 0 aromatic heterocycles. The van der Waals surface area contributed by atoms with Gasteiger partial charge in [0.25, 0.3) is 0 Å². The second kappa shape index (κ2) is 11.0. The minimum Gasteiger partial charge on any atom is -0.298 e. The summed E-state index contributed by atoms with van der Waals surface area (Å²) in [4.78, 5) is 11.5. The van der Waals surface area contributed by atoms with Crippen LogP contribution in [0.1, 0.15) is 38.2 Å². The van der Waals surface area contributed by atoms with Crippen LogP contribution in [0.2, 0.25) is 0 Å². The third kappa shape index (κ3) is 6.16. The number of benzene rings is 4. The first-order chi connectivity index (χ1) is 17.0. The van der Waals surface area contributed by atoms with Crippen LogP contribution in [0.25, 0.3) is 0 Å². The lowest BCUT2D eigenvalue weighted by Gasteiger charge is -2.08. The molecule has 0 spiro atoms. The number of halogens is 1. The quantitative estimate of drug-likeness (QED) is 0.235. The van der Waals surface area contributed by atoms with Gasteiger partial charge in [-0.25, -0.2) is 8.42 Å². The van der Waals surface area contributed by atoms with Crippen molar-refractivity contribution in [1.29, 1.82) is 0 Å². The van der Waals surface area contributed by atoms with Crippen LogP contribution >= 0.6 is 15.9 Å². The van der Waals surface area contributed by atoms with Crippen LogP contribution in [0.15, 0.2) is 106 Å². The SMILES string of the molecule is O=Cc1ccccc1C#Cc1ccccc1C#Cc1ccc(Br)cc1CS(=O)(=O)c1ccccc1. The van der Waals surface area contributed by atoms with Crippen molar-refractivity contribution in [1.82, 2.24) is 0 Å². The van der Waals surface area contributed by atoms with Gasteiger partial charge in [-0.3, -0.25) is 4.79 Å². The fraction of sp³-hybridized carbons (Fsp3) is 0.0333. The molecule has 0 radical (unpaired) electrons. The molecule has 4 aromatic carbocycles. The summed E-state index contributed by atoms with van der Waals surface area (Å²) < 4.78 is 26.7. The van der Waals surface area contributed by atoms with Gasteiger partial charge in [-0.05, 0) is 54.1 Å². The van der Waals surface area contributed by atoms with Crippen LogP contribution in [0.3, 0.4) is 0 Å². The Kier molecular flexibility index (Phi) is 7.63. The molecule has 0 saturated carbocycles. The van der Waals surface area contributed by atoms with Crippen molar-refractivity contribution in [3.05, 3.63) is 135 Å². The second-order valence-electron chi connectivity index (χ2n) is 7.62. The molecule has 0 atom stereocenters. The van der Waals surface area contributed by atoms with Crippen LogP contribution in [0, 0.1) is 23.7 Å². The van der Waals surface area contributed by atoms with E-state index in [1.807, 2.05) is 42.5 Å². The summed E-state index contributed by atoms with van der Waals surface area (Å²) in [5.74, 6) is 12.3. The molecule has 0 aliphatic carbocycles.